The monoisotopic (exact) mass is 329 g/mol. The summed E-state index contributed by atoms with van der Waals surface area (Å²) in [6.07, 6.45) is 2.02. The van der Waals surface area contributed by atoms with Crippen molar-refractivity contribution in [3.8, 4) is 0 Å². The van der Waals surface area contributed by atoms with Gasteiger partial charge in [0.2, 0.25) is 0 Å². The van der Waals surface area contributed by atoms with Gasteiger partial charge in [0.15, 0.2) is 0 Å². The average molecular weight is 329 g/mol. The second-order valence-electron chi connectivity index (χ2n) is 6.53. The van der Waals surface area contributed by atoms with E-state index in [0.717, 1.165) is 12.7 Å². The van der Waals surface area contributed by atoms with E-state index in [1.54, 1.807) is 0 Å². The first kappa shape index (κ1) is 23.5. The summed E-state index contributed by atoms with van der Waals surface area (Å²) in [5.74, 6) is 0.197. The van der Waals surface area contributed by atoms with Gasteiger partial charge in [0.25, 0.3) is 0 Å². The molecule has 3 heteroatoms. The van der Waals surface area contributed by atoms with Crippen LogP contribution in [0, 0.1) is 30.6 Å². The molecule has 0 rings (SSSR count). The molecule has 2 nitrogen and oxygen atoms in total. The number of Topliss-reactive ketones (excluding diaryl/α,β-unsaturated/α-hetero) is 1. The van der Waals surface area contributed by atoms with E-state index in [0.29, 0.717) is 6.42 Å². The molecule has 0 aromatic carbocycles. The van der Waals surface area contributed by atoms with Crippen LogP contribution in [0.5, 0.6) is 0 Å². The summed E-state index contributed by atoms with van der Waals surface area (Å²) in [7, 11) is 0. The van der Waals surface area contributed by atoms with Gasteiger partial charge in [-0.05, 0) is 5.41 Å². The predicted octanol–water partition coefficient (Wildman–Crippen LogP) is 3.90. The quantitative estimate of drug-likeness (QED) is 0.581. The fraction of sp³-hybridized carbons (Fsp3) is 0.733. The van der Waals surface area contributed by atoms with Crippen LogP contribution < -0.4 is 0 Å². The van der Waals surface area contributed by atoms with E-state index in [1.807, 2.05) is 20.8 Å². The first-order valence-corrected chi connectivity index (χ1v) is 6.06. The van der Waals surface area contributed by atoms with Gasteiger partial charge >= 0.3 is 0 Å². The minimum Gasteiger partial charge on any atom is -0.337 e. The second kappa shape index (κ2) is 10.3. The van der Waals surface area contributed by atoms with E-state index in [1.165, 1.54) is 0 Å². The van der Waals surface area contributed by atoms with E-state index in [-0.39, 0.29) is 55.2 Å². The van der Waals surface area contributed by atoms with Gasteiger partial charge in [0.05, 0.1) is 6.29 Å². The fourth-order valence-electron chi connectivity index (χ4n) is 1.44. The van der Waals surface area contributed by atoms with Gasteiger partial charge in [-0.1, -0.05) is 48.0 Å². The number of carbonyl (C=O) groups excluding carboxylic acids is 2. The Morgan fingerprint density at radius 2 is 1.50 bits per heavy atom. The zero-order chi connectivity index (χ0) is 14.3. The number of carbonyl (C=O) groups is 2. The topological polar surface area (TPSA) is 34.1 Å². The summed E-state index contributed by atoms with van der Waals surface area (Å²) in [5.41, 5.74) is -0.0645. The maximum absolute atomic E-state index is 11.8. The molecule has 1 atom stereocenters. The van der Waals surface area contributed by atoms with E-state index in [4.69, 9.17) is 4.79 Å². The summed E-state index contributed by atoms with van der Waals surface area (Å²) >= 11 is 0. The van der Waals surface area contributed by atoms with Gasteiger partial charge in [-0.25, -0.2) is 0 Å². The zero-order valence-corrected chi connectivity index (χ0v) is 15.7. The van der Waals surface area contributed by atoms with E-state index in [9.17, 15) is 4.79 Å². The van der Waals surface area contributed by atoms with Crippen molar-refractivity contribution in [1.82, 2.24) is 0 Å². The van der Waals surface area contributed by atoms with Crippen molar-refractivity contribution in [2.75, 3.05) is 0 Å². The molecule has 0 saturated carbocycles. The van der Waals surface area contributed by atoms with Crippen LogP contribution in [-0.4, -0.2) is 12.1 Å². The van der Waals surface area contributed by atoms with Crippen molar-refractivity contribution in [3.05, 3.63) is 13.8 Å². The predicted molar refractivity (Wildman–Crippen MR) is 73.4 cm³/mol. The summed E-state index contributed by atoms with van der Waals surface area (Å²) < 4.78 is 0. The van der Waals surface area contributed by atoms with Crippen LogP contribution in [0.25, 0.3) is 0 Å². The van der Waals surface area contributed by atoms with Crippen LogP contribution in [0.1, 0.15) is 54.4 Å². The zero-order valence-electron chi connectivity index (χ0n) is 12.9. The molecule has 0 saturated heterocycles. The standard InChI is InChI=1S/C12H23O.C3H5O.Y/c1-9(8-11(2,3)4)10(13)12(5,6)7;1-2-3-4;/h9H,1,8H2,2-7H3;3H,1-2H2;/q2*-1;. The largest absolute Gasteiger partial charge is 0.337 e. The molecule has 0 heterocycles. The van der Waals surface area contributed by atoms with Crippen LogP contribution >= 0.6 is 0 Å². The summed E-state index contributed by atoms with van der Waals surface area (Å²) in [4.78, 5) is 20.9. The Labute approximate surface area is 139 Å². The third-order valence-corrected chi connectivity index (χ3v) is 2.09. The molecule has 0 aliphatic rings. The minimum absolute atomic E-state index is 0. The van der Waals surface area contributed by atoms with Crippen molar-refractivity contribution < 1.29 is 42.3 Å². The van der Waals surface area contributed by atoms with Crippen molar-refractivity contribution in [3.63, 3.8) is 0 Å². The number of ketones is 1. The molecule has 18 heavy (non-hydrogen) atoms. The number of aldehydes is 1. The molecule has 0 spiro atoms. The molecule has 1 unspecified atom stereocenters. The average Bonchev–Trinajstić information content (AvgIpc) is 2.13. The molecule has 0 aliphatic carbocycles. The third kappa shape index (κ3) is 14.5. The van der Waals surface area contributed by atoms with Crippen LogP contribution in [0.15, 0.2) is 0 Å². The van der Waals surface area contributed by atoms with Gasteiger partial charge in [-0.3, -0.25) is 0 Å². The van der Waals surface area contributed by atoms with E-state index in [2.05, 4.69) is 34.6 Å². The molecule has 0 bridgehead atoms. The van der Waals surface area contributed by atoms with Crippen LogP contribution in [-0.2, 0) is 42.3 Å². The summed E-state index contributed by atoms with van der Waals surface area (Å²) in [6, 6.07) is 0. The Morgan fingerprint density at radius 1 is 1.17 bits per heavy atom. The summed E-state index contributed by atoms with van der Waals surface area (Å²) in [6.45, 7) is 19.5. The van der Waals surface area contributed by atoms with Crippen LogP contribution in [0.4, 0.5) is 0 Å². The van der Waals surface area contributed by atoms with Gasteiger partial charge in [0.1, 0.15) is 5.78 Å². The Hall–Kier alpha value is 0.444. The van der Waals surface area contributed by atoms with E-state index >= 15 is 0 Å². The Morgan fingerprint density at radius 3 is 1.67 bits per heavy atom. The molecule has 0 aromatic rings. The van der Waals surface area contributed by atoms with Gasteiger partial charge in [0, 0.05) is 38.1 Å². The third-order valence-electron chi connectivity index (χ3n) is 2.09. The molecule has 0 N–H and O–H groups in total. The molecule has 0 amide bonds. The van der Waals surface area contributed by atoms with Gasteiger partial charge in [-0.15, -0.1) is 12.3 Å². The molecular weight excluding hydrogens is 301 g/mol. The number of hydrogen-bond donors (Lipinski definition) is 0. The second-order valence-corrected chi connectivity index (χ2v) is 6.53. The number of hydrogen-bond acceptors (Lipinski definition) is 2. The Bertz CT molecular complexity index is 234. The first-order chi connectivity index (χ1) is 7.45. The van der Waals surface area contributed by atoms with Crippen molar-refractivity contribution in [2.45, 2.75) is 54.4 Å². The normalized spacial score (nSPS) is 12.7. The maximum atomic E-state index is 11.8. The first-order valence-electron chi connectivity index (χ1n) is 6.06. The Kier molecular flexibility index (Phi) is 13.4. The molecular formula is C15H28O2Y-2. The van der Waals surface area contributed by atoms with Gasteiger partial charge in [-0.2, -0.15) is 0 Å². The summed E-state index contributed by atoms with van der Waals surface area (Å²) in [5, 5.41) is 0. The van der Waals surface area contributed by atoms with Crippen molar-refractivity contribution in [1.29, 1.82) is 0 Å². The molecule has 105 valence electrons. The number of rotatable bonds is 3. The molecule has 1 radical (unpaired) electrons. The fourth-order valence-corrected chi connectivity index (χ4v) is 1.44. The maximum Gasteiger partial charge on any atom is 0.111 e. The Balaban J connectivity index is -0.000000392. The van der Waals surface area contributed by atoms with E-state index < -0.39 is 0 Å². The van der Waals surface area contributed by atoms with Crippen molar-refractivity contribution in [2.24, 2.45) is 16.7 Å². The minimum atomic E-state index is -0.252. The van der Waals surface area contributed by atoms with Crippen LogP contribution in [0.3, 0.4) is 0 Å². The van der Waals surface area contributed by atoms with Crippen LogP contribution in [0.2, 0.25) is 0 Å². The SMILES string of the molecule is [CH2-]C(CC(C)(C)C)C(=O)C(C)(C)C.[CH2-]CC=O.[Y]. The molecule has 0 aliphatic heterocycles. The molecule has 0 aromatic heterocycles. The molecule has 0 fully saturated rings. The van der Waals surface area contributed by atoms with Gasteiger partial charge < -0.3 is 23.4 Å². The van der Waals surface area contributed by atoms with Crippen molar-refractivity contribution >= 4 is 12.1 Å². The smallest absolute Gasteiger partial charge is 0.111 e.